The minimum absolute atomic E-state index is 0.0600. The predicted molar refractivity (Wildman–Crippen MR) is 102 cm³/mol. The van der Waals surface area contributed by atoms with Crippen molar-refractivity contribution in [2.75, 3.05) is 11.9 Å². The molecule has 2 amide bonds. The van der Waals surface area contributed by atoms with Crippen molar-refractivity contribution in [3.05, 3.63) is 71.8 Å². The Hall–Kier alpha value is -2.88. The average molecular weight is 336 g/mol. The normalized spacial score (nSPS) is 10.6. The molecule has 0 bridgehead atoms. The summed E-state index contributed by atoms with van der Waals surface area (Å²) in [5, 5.41) is 5.35. The van der Waals surface area contributed by atoms with Gasteiger partial charge in [-0.15, -0.1) is 0 Å². The van der Waals surface area contributed by atoms with Crippen molar-refractivity contribution in [2.24, 2.45) is 0 Å². The van der Waals surface area contributed by atoms with Crippen LogP contribution >= 0.6 is 0 Å². The molecular formula is C21H24N2O2. The minimum atomic E-state index is -0.297. The van der Waals surface area contributed by atoms with Gasteiger partial charge in [0, 0.05) is 11.8 Å². The van der Waals surface area contributed by atoms with E-state index in [1.165, 1.54) is 11.6 Å². The fourth-order valence-electron chi connectivity index (χ4n) is 2.30. The summed E-state index contributed by atoms with van der Waals surface area (Å²) in [6, 6.07) is 17.3. The molecule has 0 saturated heterocycles. The summed E-state index contributed by atoms with van der Waals surface area (Å²) >= 11 is 0. The van der Waals surface area contributed by atoms with Crippen molar-refractivity contribution in [3.8, 4) is 0 Å². The third kappa shape index (κ3) is 7.04. The van der Waals surface area contributed by atoms with Crippen molar-refractivity contribution in [2.45, 2.75) is 26.2 Å². The third-order valence-electron chi connectivity index (χ3n) is 3.71. The summed E-state index contributed by atoms with van der Waals surface area (Å²) in [5.41, 5.74) is 2.93. The van der Waals surface area contributed by atoms with Gasteiger partial charge in [-0.05, 0) is 42.2 Å². The molecule has 2 aromatic rings. The van der Waals surface area contributed by atoms with Gasteiger partial charge in [0.15, 0.2) is 0 Å². The molecule has 4 nitrogen and oxygen atoms in total. The van der Waals surface area contributed by atoms with E-state index in [1.54, 1.807) is 6.08 Å². The number of aryl methyl sites for hydroxylation is 1. The smallest absolute Gasteiger partial charge is 0.244 e. The van der Waals surface area contributed by atoms with Gasteiger partial charge >= 0.3 is 0 Å². The van der Waals surface area contributed by atoms with Crippen LogP contribution in [0.2, 0.25) is 0 Å². The second-order valence-electron chi connectivity index (χ2n) is 5.81. The Kier molecular flexibility index (Phi) is 7.44. The zero-order valence-corrected chi connectivity index (χ0v) is 14.5. The quantitative estimate of drug-likeness (QED) is 0.721. The molecular weight excluding hydrogens is 312 g/mol. The molecule has 0 aliphatic rings. The first-order valence-electron chi connectivity index (χ1n) is 8.57. The average Bonchev–Trinajstić information content (AvgIpc) is 2.65. The summed E-state index contributed by atoms with van der Waals surface area (Å²) in [5.74, 6) is -0.545. The lowest BCUT2D eigenvalue weighted by Crippen LogP contribution is -2.31. The zero-order chi connectivity index (χ0) is 17.9. The van der Waals surface area contributed by atoms with Gasteiger partial charge in [0.1, 0.15) is 0 Å². The highest BCUT2D eigenvalue weighted by Gasteiger charge is 2.04. The maximum Gasteiger partial charge on any atom is 0.244 e. The van der Waals surface area contributed by atoms with Crippen LogP contribution in [0.25, 0.3) is 6.08 Å². The Bertz CT molecular complexity index is 706. The molecule has 4 heteroatoms. The summed E-state index contributed by atoms with van der Waals surface area (Å²) in [6.45, 7) is 2.10. The molecule has 0 aliphatic carbocycles. The summed E-state index contributed by atoms with van der Waals surface area (Å²) in [7, 11) is 0. The molecule has 25 heavy (non-hydrogen) atoms. The number of benzene rings is 2. The van der Waals surface area contributed by atoms with Crippen molar-refractivity contribution >= 4 is 23.6 Å². The van der Waals surface area contributed by atoms with Crippen molar-refractivity contribution in [3.63, 3.8) is 0 Å². The fraction of sp³-hybridized carbons (Fsp3) is 0.238. The summed E-state index contributed by atoms with van der Waals surface area (Å²) < 4.78 is 0. The molecule has 0 aromatic heterocycles. The largest absolute Gasteiger partial charge is 0.343 e. The highest BCUT2D eigenvalue weighted by Crippen LogP contribution is 2.11. The Balaban J connectivity index is 1.74. The van der Waals surface area contributed by atoms with Gasteiger partial charge in [-0.25, -0.2) is 0 Å². The Labute approximate surface area is 149 Å². The molecule has 0 unspecified atom stereocenters. The number of hydrogen-bond donors (Lipinski definition) is 2. The highest BCUT2D eigenvalue weighted by molar-refractivity contribution is 5.97. The van der Waals surface area contributed by atoms with E-state index < -0.39 is 0 Å². The Morgan fingerprint density at radius 1 is 1.00 bits per heavy atom. The van der Waals surface area contributed by atoms with E-state index >= 15 is 0 Å². The maximum atomic E-state index is 11.9. The molecule has 0 saturated carbocycles. The van der Waals surface area contributed by atoms with Crippen LogP contribution in [0, 0.1) is 0 Å². The standard InChI is InChI=1S/C21H24N2O2/c1-2-3-7-18-10-13-19(14-11-18)23-21(25)16-22-20(24)15-12-17-8-5-4-6-9-17/h4-6,8-15H,2-3,7,16H2,1H3,(H,22,24)(H,23,25)/b15-12+. The summed E-state index contributed by atoms with van der Waals surface area (Å²) in [4.78, 5) is 23.6. The second kappa shape index (κ2) is 10.1. The van der Waals surface area contributed by atoms with Crippen molar-refractivity contribution < 1.29 is 9.59 Å². The van der Waals surface area contributed by atoms with E-state index in [0.717, 1.165) is 30.5 Å². The number of amides is 2. The molecule has 0 atom stereocenters. The lowest BCUT2D eigenvalue weighted by atomic mass is 10.1. The first kappa shape index (κ1) is 18.5. The van der Waals surface area contributed by atoms with Crippen LogP contribution in [0.1, 0.15) is 30.9 Å². The fourth-order valence-corrected chi connectivity index (χ4v) is 2.30. The number of nitrogens with one attached hydrogen (secondary N) is 2. The Morgan fingerprint density at radius 3 is 2.40 bits per heavy atom. The number of rotatable bonds is 8. The van der Waals surface area contributed by atoms with Gasteiger partial charge in [-0.1, -0.05) is 55.8 Å². The van der Waals surface area contributed by atoms with Crippen molar-refractivity contribution in [1.82, 2.24) is 5.32 Å². The molecule has 2 aromatic carbocycles. The number of carbonyl (C=O) groups is 2. The van der Waals surface area contributed by atoms with Gasteiger partial charge in [0.05, 0.1) is 6.54 Å². The van der Waals surface area contributed by atoms with Gasteiger partial charge in [-0.3, -0.25) is 9.59 Å². The molecule has 0 fully saturated rings. The predicted octanol–water partition coefficient (Wildman–Crippen LogP) is 3.80. The van der Waals surface area contributed by atoms with Crippen LogP contribution in [-0.2, 0) is 16.0 Å². The van der Waals surface area contributed by atoms with E-state index in [9.17, 15) is 9.59 Å². The number of unbranched alkanes of at least 4 members (excludes halogenated alkanes) is 1. The van der Waals surface area contributed by atoms with E-state index in [1.807, 2.05) is 54.6 Å². The monoisotopic (exact) mass is 336 g/mol. The summed E-state index contributed by atoms with van der Waals surface area (Å²) in [6.07, 6.45) is 6.51. The maximum absolute atomic E-state index is 11.9. The molecule has 2 rings (SSSR count). The van der Waals surface area contributed by atoms with Crippen LogP contribution in [0.3, 0.4) is 0 Å². The molecule has 2 N–H and O–H groups in total. The van der Waals surface area contributed by atoms with Gasteiger partial charge in [-0.2, -0.15) is 0 Å². The third-order valence-corrected chi connectivity index (χ3v) is 3.71. The van der Waals surface area contributed by atoms with E-state index in [0.29, 0.717) is 0 Å². The minimum Gasteiger partial charge on any atom is -0.343 e. The molecule has 0 spiro atoms. The van der Waals surface area contributed by atoms with Crippen LogP contribution in [0.5, 0.6) is 0 Å². The molecule has 130 valence electrons. The first-order chi connectivity index (χ1) is 12.2. The lowest BCUT2D eigenvalue weighted by molar-refractivity contribution is -0.121. The SMILES string of the molecule is CCCCc1ccc(NC(=O)CNC(=O)/C=C/c2ccccc2)cc1. The van der Waals surface area contributed by atoms with E-state index in [2.05, 4.69) is 17.6 Å². The van der Waals surface area contributed by atoms with Crippen LogP contribution in [-0.4, -0.2) is 18.4 Å². The van der Waals surface area contributed by atoms with E-state index in [4.69, 9.17) is 0 Å². The van der Waals surface area contributed by atoms with Crippen molar-refractivity contribution in [1.29, 1.82) is 0 Å². The van der Waals surface area contributed by atoms with Crippen LogP contribution < -0.4 is 10.6 Å². The topological polar surface area (TPSA) is 58.2 Å². The second-order valence-corrected chi connectivity index (χ2v) is 5.81. The number of hydrogen-bond acceptors (Lipinski definition) is 2. The van der Waals surface area contributed by atoms with Gasteiger partial charge in [0.2, 0.25) is 11.8 Å². The van der Waals surface area contributed by atoms with Crippen LogP contribution in [0.4, 0.5) is 5.69 Å². The Morgan fingerprint density at radius 2 is 1.72 bits per heavy atom. The highest BCUT2D eigenvalue weighted by atomic mass is 16.2. The molecule has 0 radical (unpaired) electrons. The van der Waals surface area contributed by atoms with Crippen LogP contribution in [0.15, 0.2) is 60.7 Å². The zero-order valence-electron chi connectivity index (χ0n) is 14.5. The number of anilines is 1. The molecule has 0 aliphatic heterocycles. The number of carbonyl (C=O) groups excluding carboxylic acids is 2. The lowest BCUT2D eigenvalue weighted by Gasteiger charge is -2.07. The molecule has 0 heterocycles. The first-order valence-corrected chi connectivity index (χ1v) is 8.57. The van der Waals surface area contributed by atoms with Gasteiger partial charge in [0.25, 0.3) is 0 Å². The van der Waals surface area contributed by atoms with Gasteiger partial charge < -0.3 is 10.6 Å². The van der Waals surface area contributed by atoms with E-state index in [-0.39, 0.29) is 18.4 Å².